The third kappa shape index (κ3) is 21.4. The van der Waals surface area contributed by atoms with Crippen molar-refractivity contribution in [3.05, 3.63) is 241 Å². The van der Waals surface area contributed by atoms with Crippen molar-refractivity contribution < 1.29 is 63.4 Å². The number of para-hydroxylation sites is 3. The van der Waals surface area contributed by atoms with Gasteiger partial charge in [-0.15, -0.1) is 0 Å². The number of aliphatic hydroxyl groups is 2. The van der Waals surface area contributed by atoms with Gasteiger partial charge in [-0.1, -0.05) is 156 Å². The zero-order valence-electron chi connectivity index (χ0n) is 53.6. The minimum Gasteiger partial charge on any atom is -0.496 e. The van der Waals surface area contributed by atoms with Crippen LogP contribution in [0.15, 0.2) is 176 Å². The van der Waals surface area contributed by atoms with Crippen molar-refractivity contribution in [3.8, 4) is 50.6 Å². The van der Waals surface area contributed by atoms with Crippen LogP contribution in [0.5, 0.6) is 17.2 Å². The topological polar surface area (TPSA) is 296 Å². The zero-order valence-corrected chi connectivity index (χ0v) is 56.6. The van der Waals surface area contributed by atoms with E-state index in [1.165, 1.54) is 6.92 Å². The van der Waals surface area contributed by atoms with Crippen LogP contribution in [0.1, 0.15) is 63.6 Å². The lowest BCUT2D eigenvalue weighted by molar-refractivity contribution is -0.137. The van der Waals surface area contributed by atoms with E-state index in [0.717, 1.165) is 55.8 Å². The van der Waals surface area contributed by atoms with Gasteiger partial charge in [0.25, 0.3) is 0 Å². The van der Waals surface area contributed by atoms with E-state index >= 15 is 0 Å². The van der Waals surface area contributed by atoms with Gasteiger partial charge < -0.3 is 66.5 Å². The molecule has 9 rings (SSSR count). The van der Waals surface area contributed by atoms with Crippen LogP contribution in [0, 0.1) is 13.8 Å². The average molecular weight is 1400 g/mol. The Morgan fingerprint density at radius 1 is 0.454 bits per heavy atom. The van der Waals surface area contributed by atoms with Crippen molar-refractivity contribution in [3.63, 3.8) is 0 Å². The third-order valence-corrected chi connectivity index (χ3v) is 15.9. The lowest BCUT2D eigenvalue weighted by atomic mass is 9.94. The summed E-state index contributed by atoms with van der Waals surface area (Å²) in [6.45, 7) is 5.15. The van der Waals surface area contributed by atoms with E-state index in [-0.39, 0.29) is 44.3 Å². The molecule has 8 aromatic carbocycles. The molecule has 9 aromatic rings. The van der Waals surface area contributed by atoms with Crippen molar-refractivity contribution in [1.82, 2.24) is 20.9 Å². The molecule has 0 aliphatic heterocycles. The Labute approximate surface area is 580 Å². The molecule has 97 heavy (non-hydrogen) atoms. The monoisotopic (exact) mass is 1390 g/mol. The largest absolute Gasteiger partial charge is 0.496 e. The molecule has 0 spiro atoms. The van der Waals surface area contributed by atoms with E-state index in [1.807, 2.05) is 98.8 Å². The molecular weight excluding hydrogens is 1320 g/mol. The van der Waals surface area contributed by atoms with Crippen molar-refractivity contribution >= 4 is 99.3 Å². The van der Waals surface area contributed by atoms with Crippen LogP contribution in [-0.4, -0.2) is 95.8 Å². The van der Waals surface area contributed by atoms with Gasteiger partial charge in [0, 0.05) is 64.0 Å². The van der Waals surface area contributed by atoms with Gasteiger partial charge in [0.15, 0.2) is 0 Å². The van der Waals surface area contributed by atoms with Crippen molar-refractivity contribution in [2.75, 3.05) is 50.5 Å². The molecule has 0 fully saturated rings. The Morgan fingerprint density at radius 2 is 0.825 bits per heavy atom. The number of methoxy groups -OCH3 is 3. The minimum atomic E-state index is -0.937. The SMILES string of the molecule is COc1ccccc1-c1c(C)cc(NC(=O)NCc2ccc(CC(=O)O)cc2)cc1C.COc1ccccc1-c1c(Cl)cc(NC(=O)NC(CO)c2ccc(CC(=O)O)cc2)cc1Cl.COc1ccccc1-c1c(Cl)cc(NC(=O)NC(CO)c2ccc(CC(C)=O)cn2)cc1Cl. The molecule has 6 amide bonds. The normalized spacial score (nSPS) is 11.2. The van der Waals surface area contributed by atoms with Crippen LogP contribution in [0.25, 0.3) is 33.4 Å². The number of ketones is 1. The molecule has 10 N–H and O–H groups in total. The minimum absolute atomic E-state index is 0.0161. The molecule has 0 radical (unpaired) electrons. The van der Waals surface area contributed by atoms with Crippen molar-refractivity contribution in [2.24, 2.45) is 0 Å². The fourth-order valence-electron chi connectivity index (χ4n) is 10.3. The van der Waals surface area contributed by atoms with Crippen LogP contribution in [0.3, 0.4) is 0 Å². The Balaban J connectivity index is 0.000000205. The number of carbonyl (C=O) groups excluding carboxylic acids is 4. The summed E-state index contributed by atoms with van der Waals surface area (Å²) in [4.78, 5) is 74.5. The van der Waals surface area contributed by atoms with Crippen LogP contribution >= 0.6 is 46.4 Å². The quantitative estimate of drug-likeness (QED) is 0.0285. The molecule has 2 unspecified atom stereocenters. The lowest BCUT2D eigenvalue weighted by Gasteiger charge is -2.18. The molecule has 0 aliphatic carbocycles. The molecule has 504 valence electrons. The third-order valence-electron chi connectivity index (χ3n) is 14.7. The number of aliphatic hydroxyl groups excluding tert-OH is 2. The van der Waals surface area contributed by atoms with E-state index in [0.29, 0.717) is 83.1 Å². The number of halogens is 4. The Hall–Kier alpha value is -10.2. The van der Waals surface area contributed by atoms with Crippen LogP contribution < -0.4 is 46.1 Å². The van der Waals surface area contributed by atoms with Crippen molar-refractivity contribution in [1.29, 1.82) is 0 Å². The first kappa shape index (κ1) is 74.2. The first-order chi connectivity index (χ1) is 46.5. The smallest absolute Gasteiger partial charge is 0.319 e. The molecule has 1 aromatic heterocycles. The number of amides is 6. The molecule has 0 saturated heterocycles. The molecule has 24 heteroatoms. The number of hydrogen-bond acceptors (Lipinski definition) is 12. The van der Waals surface area contributed by atoms with E-state index in [1.54, 1.807) is 112 Å². The van der Waals surface area contributed by atoms with Crippen LogP contribution in [-0.2, 0) is 40.2 Å². The van der Waals surface area contributed by atoms with Gasteiger partial charge in [0.2, 0.25) is 0 Å². The predicted molar refractivity (Wildman–Crippen MR) is 379 cm³/mol. The first-order valence-electron chi connectivity index (χ1n) is 30.0. The second-order valence-corrected chi connectivity index (χ2v) is 23.5. The average Bonchev–Trinajstić information content (AvgIpc) is 0.816. The molecule has 0 saturated carbocycles. The number of urea groups is 3. The fourth-order valence-corrected chi connectivity index (χ4v) is 11.7. The number of carboxylic acids is 2. The fraction of sp³-hybridized carbons (Fsp3) is 0.192. The summed E-state index contributed by atoms with van der Waals surface area (Å²) in [6, 6.07) is 47.0. The summed E-state index contributed by atoms with van der Waals surface area (Å²) < 4.78 is 16.3. The number of ether oxygens (including phenoxy) is 3. The van der Waals surface area contributed by atoms with Crippen LogP contribution in [0.2, 0.25) is 20.1 Å². The van der Waals surface area contributed by atoms with Gasteiger partial charge in [0.1, 0.15) is 23.0 Å². The number of aromatic nitrogens is 1. The highest BCUT2D eigenvalue weighted by atomic mass is 35.5. The number of pyridine rings is 1. The second kappa shape index (κ2) is 36.1. The van der Waals surface area contributed by atoms with Gasteiger partial charge in [0.05, 0.1) is 85.3 Å². The number of carboxylic acid groups (broad SMARTS) is 2. The van der Waals surface area contributed by atoms with Gasteiger partial charge in [-0.25, -0.2) is 14.4 Å². The van der Waals surface area contributed by atoms with Crippen molar-refractivity contribution in [2.45, 2.75) is 58.7 Å². The number of anilines is 3. The molecule has 20 nitrogen and oxygen atoms in total. The Bertz CT molecular complexity index is 4000. The second-order valence-electron chi connectivity index (χ2n) is 21.9. The van der Waals surface area contributed by atoms with E-state index in [2.05, 4.69) is 36.9 Å². The van der Waals surface area contributed by atoms with Crippen LogP contribution in [0.4, 0.5) is 31.4 Å². The Kier molecular flexibility index (Phi) is 27.6. The number of nitrogens with one attached hydrogen (secondary N) is 6. The summed E-state index contributed by atoms with van der Waals surface area (Å²) in [7, 11) is 4.77. The van der Waals surface area contributed by atoms with Gasteiger partial charge in [-0.2, -0.15) is 0 Å². The van der Waals surface area contributed by atoms with E-state index in [4.69, 9.17) is 70.8 Å². The number of rotatable bonds is 23. The number of aryl methyl sites for hydroxylation is 2. The highest BCUT2D eigenvalue weighted by Crippen LogP contribution is 2.43. The molecule has 2 atom stereocenters. The summed E-state index contributed by atoms with van der Waals surface area (Å²) >= 11 is 25.9. The first-order valence-corrected chi connectivity index (χ1v) is 31.5. The number of aliphatic carboxylic acids is 2. The summed E-state index contributed by atoms with van der Waals surface area (Å²) in [5.41, 5.74) is 12.3. The Morgan fingerprint density at radius 3 is 1.22 bits per heavy atom. The van der Waals surface area contributed by atoms with E-state index < -0.39 is 36.1 Å². The molecular formula is C73H71Cl4N7O13. The van der Waals surface area contributed by atoms with E-state index in [9.17, 15) is 39.0 Å². The zero-order chi connectivity index (χ0) is 70.3. The number of Topliss-reactive ketones (excluding diaryl/α,β-unsaturated/α-hetero) is 1. The molecule has 0 bridgehead atoms. The van der Waals surface area contributed by atoms with Gasteiger partial charge in [-0.3, -0.25) is 19.4 Å². The number of hydrogen-bond donors (Lipinski definition) is 10. The summed E-state index contributed by atoms with van der Waals surface area (Å²) in [5, 5.41) is 54.8. The maximum Gasteiger partial charge on any atom is 0.319 e. The maximum atomic E-state index is 12.5. The summed E-state index contributed by atoms with van der Waals surface area (Å²) in [5.74, 6) is 0.254. The molecule has 1 heterocycles. The maximum absolute atomic E-state index is 12.5. The summed E-state index contributed by atoms with van der Waals surface area (Å²) in [6.07, 6.45) is 1.70. The highest BCUT2D eigenvalue weighted by Gasteiger charge is 2.22. The standard InChI is InChI=1S/C25H26N2O4.C24H23Cl2N3O4.C24H22Cl2N2O5/c1-16-12-20(13-17(2)24(16)21-6-4-5-7-22(21)31-3)27-25(30)26-15-19-10-8-18(9-11-19)14-23(28)29;1-14(31)9-15-7-8-20(27-12-15)21(13-30)29-24(32)28-16-10-18(25)23(19(26)11-16)17-5-3-4-6-22(17)33-2;1-33-21-5-3-2-4-17(21)23-18(25)11-16(12-19(23)26)27-24(32)28-20(13-29)15-8-6-14(7-9-15)10-22(30)31/h4-13H,14-15H2,1-3H3,(H,28,29)(H2,26,27,30);3-8,10-12,21,30H,9,13H2,1-2H3,(H2,28,29,32);2-9,11-12,20,29H,10,13H2,1H3,(H,30,31)(H2,27,28,32). The lowest BCUT2D eigenvalue weighted by Crippen LogP contribution is -2.34. The van der Waals surface area contributed by atoms with Gasteiger partial charge >= 0.3 is 30.0 Å². The number of benzene rings is 8. The van der Waals surface area contributed by atoms with Gasteiger partial charge in [-0.05, 0) is 126 Å². The number of nitrogens with zero attached hydrogens (tertiary/aromatic N) is 1. The highest BCUT2D eigenvalue weighted by molar-refractivity contribution is 6.40. The predicted octanol–water partition coefficient (Wildman–Crippen LogP) is 15.1. The molecule has 0 aliphatic rings. The number of carbonyl (C=O) groups is 6.